The Kier molecular flexibility index (Phi) is 10.9. The largest absolute Gasteiger partial charge is 0.488 e. The molecule has 3 aromatic carbocycles. The van der Waals surface area contributed by atoms with Crippen molar-refractivity contribution in [1.82, 2.24) is 15.4 Å². The van der Waals surface area contributed by atoms with Gasteiger partial charge in [-0.05, 0) is 28.1 Å². The van der Waals surface area contributed by atoms with E-state index in [4.69, 9.17) is 4.74 Å². The number of benzene rings is 3. The molecule has 0 atom stereocenters. The van der Waals surface area contributed by atoms with Crippen LogP contribution in [-0.2, 0) is 22.7 Å². The molecule has 38 heavy (non-hydrogen) atoms. The van der Waals surface area contributed by atoms with Crippen LogP contribution in [0.15, 0.2) is 90.0 Å². The fourth-order valence-electron chi connectivity index (χ4n) is 3.52. The van der Waals surface area contributed by atoms with Crippen molar-refractivity contribution in [2.24, 2.45) is 11.0 Å². The van der Waals surface area contributed by atoms with Gasteiger partial charge in [0.1, 0.15) is 13.2 Å². The highest BCUT2D eigenvalue weighted by Crippen LogP contribution is 2.08. The summed E-state index contributed by atoms with van der Waals surface area (Å²) in [6.45, 7) is 4.56. The van der Waals surface area contributed by atoms with Crippen molar-refractivity contribution in [2.45, 2.75) is 27.0 Å². The van der Waals surface area contributed by atoms with Gasteiger partial charge in [0.2, 0.25) is 0 Å². The highest BCUT2D eigenvalue weighted by atomic mass is 16.6. The van der Waals surface area contributed by atoms with Crippen LogP contribution in [0.1, 0.15) is 30.5 Å². The van der Waals surface area contributed by atoms with E-state index >= 15 is 0 Å². The molecule has 2 amide bonds. The quantitative estimate of drug-likeness (QED) is 0.205. The van der Waals surface area contributed by atoms with Gasteiger partial charge < -0.3 is 14.8 Å². The summed E-state index contributed by atoms with van der Waals surface area (Å²) in [5.74, 6) is -0.248. The van der Waals surface area contributed by atoms with Crippen molar-refractivity contribution in [3.63, 3.8) is 0 Å². The zero-order valence-electron chi connectivity index (χ0n) is 21.6. The van der Waals surface area contributed by atoms with Gasteiger partial charge in [0.05, 0.1) is 12.8 Å². The molecule has 0 unspecified atom stereocenters. The van der Waals surface area contributed by atoms with Gasteiger partial charge in [-0.1, -0.05) is 98.8 Å². The van der Waals surface area contributed by atoms with Crippen LogP contribution in [0.5, 0.6) is 0 Å². The molecule has 0 aromatic heterocycles. The minimum absolute atomic E-state index is 0.0902. The van der Waals surface area contributed by atoms with Crippen molar-refractivity contribution < 1.29 is 24.4 Å². The van der Waals surface area contributed by atoms with Gasteiger partial charge in [0.15, 0.2) is 0 Å². The van der Waals surface area contributed by atoms with E-state index in [-0.39, 0.29) is 25.0 Å². The molecular weight excluding hydrogens is 483 g/mol. The Morgan fingerprint density at radius 1 is 0.947 bits per heavy atom. The summed E-state index contributed by atoms with van der Waals surface area (Å²) in [6.07, 6.45) is 0.880. The fourth-order valence-corrected chi connectivity index (χ4v) is 3.52. The summed E-state index contributed by atoms with van der Waals surface area (Å²) in [6, 6.07) is 25.5. The van der Waals surface area contributed by atoms with Gasteiger partial charge in [0, 0.05) is 6.54 Å². The predicted molar refractivity (Wildman–Crippen MR) is 147 cm³/mol. The zero-order valence-corrected chi connectivity index (χ0v) is 21.6. The average molecular weight is 516 g/mol. The molecule has 198 valence electrons. The Bertz CT molecular complexity index is 1170. The van der Waals surface area contributed by atoms with E-state index in [1.807, 2.05) is 74.5 Å². The second kappa shape index (κ2) is 14.6. The maximum atomic E-state index is 13.3. The third-order valence-electron chi connectivity index (χ3n) is 5.42. The normalized spacial score (nSPS) is 10.9. The Morgan fingerprint density at radius 3 is 2.13 bits per heavy atom. The first-order valence-corrected chi connectivity index (χ1v) is 12.4. The maximum absolute atomic E-state index is 13.3. The molecule has 0 fully saturated rings. The summed E-state index contributed by atoms with van der Waals surface area (Å²) in [5.41, 5.74) is 5.47. The number of carbonyl (C=O) groups excluding carboxylic acids is 2. The summed E-state index contributed by atoms with van der Waals surface area (Å²) in [7, 11) is -1.55. The monoisotopic (exact) mass is 516 g/mol. The molecular formula is C28H33BN4O5. The number of hydrogen-bond acceptors (Lipinski definition) is 7. The summed E-state index contributed by atoms with van der Waals surface area (Å²) in [5, 5.41) is 26.0. The molecule has 0 aliphatic heterocycles. The summed E-state index contributed by atoms with van der Waals surface area (Å²) < 4.78 is 5.30. The van der Waals surface area contributed by atoms with Crippen LogP contribution in [0.3, 0.4) is 0 Å². The molecule has 0 bridgehead atoms. The van der Waals surface area contributed by atoms with Crippen LogP contribution in [0.25, 0.3) is 0 Å². The maximum Gasteiger partial charge on any atom is 0.488 e. The van der Waals surface area contributed by atoms with E-state index < -0.39 is 13.2 Å². The topological polar surface area (TPSA) is 115 Å². The predicted octanol–water partition coefficient (Wildman–Crippen LogP) is 2.53. The van der Waals surface area contributed by atoms with Crippen molar-refractivity contribution in [3.8, 4) is 0 Å². The number of rotatable bonds is 11. The molecule has 3 aromatic rings. The van der Waals surface area contributed by atoms with Crippen molar-refractivity contribution in [2.75, 3.05) is 13.1 Å². The smallest absolute Gasteiger partial charge is 0.443 e. The lowest BCUT2D eigenvalue weighted by molar-refractivity contribution is -0.136. The van der Waals surface area contributed by atoms with E-state index in [1.165, 1.54) is 5.01 Å². The third kappa shape index (κ3) is 9.72. The van der Waals surface area contributed by atoms with Gasteiger partial charge in [-0.15, -0.1) is 0 Å². The molecule has 0 radical (unpaired) electrons. The van der Waals surface area contributed by atoms with Gasteiger partial charge in [-0.2, -0.15) is 5.10 Å². The Morgan fingerprint density at radius 2 is 1.55 bits per heavy atom. The van der Waals surface area contributed by atoms with Crippen molar-refractivity contribution >= 4 is 30.8 Å². The van der Waals surface area contributed by atoms with Crippen LogP contribution in [0.2, 0.25) is 0 Å². The van der Waals surface area contributed by atoms with E-state index in [0.29, 0.717) is 18.6 Å². The van der Waals surface area contributed by atoms with E-state index in [0.717, 1.165) is 16.7 Å². The number of amides is 2. The van der Waals surface area contributed by atoms with Crippen LogP contribution in [0, 0.1) is 5.92 Å². The van der Waals surface area contributed by atoms with Crippen LogP contribution in [-0.4, -0.2) is 58.5 Å². The molecule has 0 aliphatic carbocycles. The zero-order chi connectivity index (χ0) is 27.3. The Labute approximate surface area is 223 Å². The molecule has 0 spiro atoms. The number of hydrazine groups is 1. The third-order valence-corrected chi connectivity index (χ3v) is 5.42. The molecule has 3 rings (SSSR count). The molecule has 0 heterocycles. The second-order valence-corrected chi connectivity index (χ2v) is 9.16. The number of hydrazone groups is 1. The lowest BCUT2D eigenvalue weighted by Crippen LogP contribution is -2.50. The average Bonchev–Trinajstić information content (AvgIpc) is 2.91. The number of nitrogens with one attached hydrogen (secondary N) is 1. The number of hydrogen-bond donors (Lipinski definition) is 3. The van der Waals surface area contributed by atoms with Crippen molar-refractivity contribution in [1.29, 1.82) is 0 Å². The number of carbonyl (C=O) groups is 2. The standard InChI is InChI=1S/C28H33BN4O5/c1-22(2)18-33(31-28(35)38-21-25-11-7-4-8-12-25)27(34)20-32(19-24-9-5-3-6-10-24)30-17-23-13-15-26(16-14-23)29(36)37/h3-17,22,36-37H,18-21H2,1-2H3,(H,31,35)/b30-17+. The molecule has 0 saturated carbocycles. The van der Waals surface area contributed by atoms with Crippen molar-refractivity contribution in [3.05, 3.63) is 102 Å². The second-order valence-electron chi connectivity index (χ2n) is 9.16. The minimum Gasteiger partial charge on any atom is -0.443 e. The highest BCUT2D eigenvalue weighted by Gasteiger charge is 2.21. The molecule has 0 saturated heterocycles. The summed E-state index contributed by atoms with van der Waals surface area (Å²) >= 11 is 0. The fraction of sp³-hybridized carbons (Fsp3) is 0.250. The Balaban J connectivity index is 1.70. The highest BCUT2D eigenvalue weighted by molar-refractivity contribution is 6.58. The molecule has 9 nitrogen and oxygen atoms in total. The lowest BCUT2D eigenvalue weighted by Gasteiger charge is -2.27. The molecule has 10 heteroatoms. The van der Waals surface area contributed by atoms with E-state index in [1.54, 1.807) is 35.5 Å². The van der Waals surface area contributed by atoms with Crippen LogP contribution >= 0.6 is 0 Å². The van der Waals surface area contributed by atoms with Gasteiger partial charge >= 0.3 is 13.2 Å². The summed E-state index contributed by atoms with van der Waals surface area (Å²) in [4.78, 5) is 25.8. The Hall–Kier alpha value is -4.15. The van der Waals surface area contributed by atoms with Crippen LogP contribution < -0.4 is 10.9 Å². The molecule has 0 aliphatic rings. The number of ether oxygens (including phenoxy) is 1. The van der Waals surface area contributed by atoms with E-state index in [9.17, 15) is 19.6 Å². The molecule has 3 N–H and O–H groups in total. The van der Waals surface area contributed by atoms with Gasteiger partial charge in [-0.25, -0.2) is 15.2 Å². The number of nitrogens with zero attached hydrogens (tertiary/aromatic N) is 3. The first kappa shape index (κ1) is 28.4. The van der Waals surface area contributed by atoms with Gasteiger partial charge in [-0.3, -0.25) is 9.80 Å². The first-order valence-electron chi connectivity index (χ1n) is 12.4. The first-order chi connectivity index (χ1) is 18.3. The SMILES string of the molecule is CC(C)CN(NC(=O)OCc1ccccc1)C(=O)CN(Cc1ccccc1)/N=C/c1ccc(B(O)O)cc1. The lowest BCUT2D eigenvalue weighted by atomic mass is 9.80. The van der Waals surface area contributed by atoms with Gasteiger partial charge in [0.25, 0.3) is 5.91 Å². The van der Waals surface area contributed by atoms with Crippen LogP contribution in [0.4, 0.5) is 4.79 Å². The van der Waals surface area contributed by atoms with E-state index in [2.05, 4.69) is 10.5 Å². The minimum atomic E-state index is -1.55.